The van der Waals surface area contributed by atoms with Gasteiger partial charge in [-0.25, -0.2) is 9.59 Å². The van der Waals surface area contributed by atoms with Crippen LogP contribution in [-0.4, -0.2) is 64.5 Å². The van der Waals surface area contributed by atoms with E-state index in [-0.39, 0.29) is 0 Å². The van der Waals surface area contributed by atoms with E-state index >= 15 is 0 Å². The Kier molecular flexibility index (Phi) is 10.9. The third kappa shape index (κ3) is 10.3. The van der Waals surface area contributed by atoms with Crippen LogP contribution in [0.25, 0.3) is 0 Å². The highest BCUT2D eigenvalue weighted by Crippen LogP contribution is 2.17. The van der Waals surface area contributed by atoms with Crippen molar-refractivity contribution >= 4 is 29.8 Å². The van der Waals surface area contributed by atoms with Gasteiger partial charge in [0.05, 0.1) is 6.21 Å². The van der Waals surface area contributed by atoms with Gasteiger partial charge in [-0.3, -0.25) is 9.91 Å². The maximum absolute atomic E-state index is 9.55. The Balaban J connectivity index is 0.000000414. The molecule has 1 heterocycles. The highest BCUT2D eigenvalue weighted by atomic mass is 35.5. The van der Waals surface area contributed by atoms with Gasteiger partial charge in [-0.05, 0) is 40.8 Å². The molecule has 0 atom stereocenters. The van der Waals surface area contributed by atoms with E-state index in [1.165, 1.54) is 16.7 Å². The fourth-order valence-corrected chi connectivity index (χ4v) is 3.92. The van der Waals surface area contributed by atoms with E-state index in [1.54, 1.807) is 0 Å². The predicted octanol–water partition coefficient (Wildman–Crippen LogP) is 4.79. The summed E-state index contributed by atoms with van der Waals surface area (Å²) in [5.74, 6) is -2.51. The topological polar surface area (TPSA) is 93.4 Å². The van der Waals surface area contributed by atoms with Gasteiger partial charge >= 0.3 is 11.9 Å². The number of carboxylic acid groups (broad SMARTS) is 2. The number of nitrogens with zero attached hydrogens (tertiary/aromatic N) is 3. The molecule has 3 aromatic rings. The quantitative estimate of drug-likeness (QED) is 0.328. The summed E-state index contributed by atoms with van der Waals surface area (Å²) >= 11 is 5.94. The molecule has 8 heteroatoms. The van der Waals surface area contributed by atoms with Crippen molar-refractivity contribution in [3.8, 4) is 0 Å². The number of carboxylic acids is 2. The van der Waals surface area contributed by atoms with Crippen LogP contribution in [0.2, 0.25) is 5.02 Å². The van der Waals surface area contributed by atoms with Crippen LogP contribution >= 0.6 is 11.6 Å². The molecular formula is C29H30ClN3O4. The number of benzene rings is 3. The first-order valence-corrected chi connectivity index (χ1v) is 12.3. The van der Waals surface area contributed by atoms with Crippen LogP contribution in [0.5, 0.6) is 0 Å². The number of hydrogen-bond acceptors (Lipinski definition) is 5. The van der Waals surface area contributed by atoms with Crippen molar-refractivity contribution in [2.24, 2.45) is 5.10 Å². The van der Waals surface area contributed by atoms with Gasteiger partial charge in [0, 0.05) is 49.9 Å². The molecule has 0 saturated carbocycles. The Hall–Kier alpha value is -3.94. The number of hydrogen-bond donors (Lipinski definition) is 2. The summed E-state index contributed by atoms with van der Waals surface area (Å²) in [6, 6.07) is 27.3. The van der Waals surface area contributed by atoms with Gasteiger partial charge in [-0.1, -0.05) is 78.3 Å². The first-order valence-electron chi connectivity index (χ1n) is 11.9. The third-order valence-electron chi connectivity index (χ3n) is 5.71. The number of rotatable bonds is 8. The fourth-order valence-electron chi connectivity index (χ4n) is 3.79. The highest BCUT2D eigenvalue weighted by molar-refractivity contribution is 6.30. The lowest BCUT2D eigenvalue weighted by atomic mass is 9.99. The van der Waals surface area contributed by atoms with Gasteiger partial charge < -0.3 is 10.2 Å². The van der Waals surface area contributed by atoms with Crippen molar-refractivity contribution < 1.29 is 19.8 Å². The minimum absolute atomic E-state index is 0.558. The van der Waals surface area contributed by atoms with Crippen molar-refractivity contribution in [1.82, 2.24) is 9.91 Å². The van der Waals surface area contributed by atoms with Crippen LogP contribution in [0.1, 0.15) is 22.3 Å². The molecule has 1 saturated heterocycles. The highest BCUT2D eigenvalue weighted by Gasteiger charge is 2.16. The Morgan fingerprint density at radius 2 is 1.35 bits per heavy atom. The second-order valence-corrected chi connectivity index (χ2v) is 8.90. The zero-order valence-electron chi connectivity index (χ0n) is 20.4. The maximum atomic E-state index is 9.55. The lowest BCUT2D eigenvalue weighted by molar-refractivity contribution is -0.134. The lowest BCUT2D eigenvalue weighted by Crippen LogP contribution is -2.43. The molecule has 2 N–H and O–H groups in total. The van der Waals surface area contributed by atoms with Crippen molar-refractivity contribution in [2.45, 2.75) is 13.0 Å². The number of halogens is 1. The molecule has 4 rings (SSSR count). The molecule has 1 aliphatic rings. The van der Waals surface area contributed by atoms with E-state index in [0.29, 0.717) is 12.2 Å². The summed E-state index contributed by atoms with van der Waals surface area (Å²) in [4.78, 5) is 21.6. The minimum atomic E-state index is -1.26. The summed E-state index contributed by atoms with van der Waals surface area (Å²) < 4.78 is 0. The zero-order valence-corrected chi connectivity index (χ0v) is 21.2. The van der Waals surface area contributed by atoms with Crippen molar-refractivity contribution in [2.75, 3.05) is 26.2 Å². The summed E-state index contributed by atoms with van der Waals surface area (Å²) in [7, 11) is 0. The first-order chi connectivity index (χ1) is 17.9. The molecule has 0 amide bonds. The molecule has 192 valence electrons. The molecule has 0 radical (unpaired) electrons. The van der Waals surface area contributed by atoms with E-state index in [0.717, 1.165) is 49.7 Å². The molecule has 0 aliphatic carbocycles. The van der Waals surface area contributed by atoms with Crippen LogP contribution in [0.4, 0.5) is 0 Å². The van der Waals surface area contributed by atoms with E-state index in [9.17, 15) is 9.59 Å². The molecule has 3 aromatic carbocycles. The molecule has 1 fully saturated rings. The van der Waals surface area contributed by atoms with Gasteiger partial charge in [-0.2, -0.15) is 5.10 Å². The molecule has 7 nitrogen and oxygen atoms in total. The molecular weight excluding hydrogens is 490 g/mol. The van der Waals surface area contributed by atoms with Crippen molar-refractivity contribution in [3.05, 3.63) is 118 Å². The van der Waals surface area contributed by atoms with Gasteiger partial charge in [0.25, 0.3) is 0 Å². The molecule has 0 spiro atoms. The average molecular weight is 520 g/mol. The molecule has 0 aromatic heterocycles. The van der Waals surface area contributed by atoms with Crippen LogP contribution in [0.3, 0.4) is 0 Å². The smallest absolute Gasteiger partial charge is 0.328 e. The maximum Gasteiger partial charge on any atom is 0.328 e. The van der Waals surface area contributed by atoms with Crippen molar-refractivity contribution in [1.29, 1.82) is 0 Å². The van der Waals surface area contributed by atoms with E-state index < -0.39 is 11.9 Å². The van der Waals surface area contributed by atoms with Crippen LogP contribution in [-0.2, 0) is 22.6 Å². The number of aliphatic carboxylic acids is 2. The largest absolute Gasteiger partial charge is 0.478 e. The Bertz CT molecular complexity index is 1190. The Morgan fingerprint density at radius 1 is 0.784 bits per heavy atom. The Labute approximate surface area is 221 Å². The van der Waals surface area contributed by atoms with E-state index in [4.69, 9.17) is 21.8 Å². The van der Waals surface area contributed by atoms with E-state index in [1.807, 2.05) is 30.5 Å². The minimum Gasteiger partial charge on any atom is -0.478 e. The van der Waals surface area contributed by atoms with Crippen molar-refractivity contribution in [3.63, 3.8) is 0 Å². The average Bonchev–Trinajstić information content (AvgIpc) is 2.90. The number of hydrazone groups is 1. The first kappa shape index (κ1) is 27.6. The molecule has 37 heavy (non-hydrogen) atoms. The van der Waals surface area contributed by atoms with Crippen LogP contribution in [0.15, 0.2) is 96.1 Å². The molecule has 0 bridgehead atoms. The van der Waals surface area contributed by atoms with Gasteiger partial charge in [-0.15, -0.1) is 0 Å². The zero-order chi connectivity index (χ0) is 26.5. The number of piperazine rings is 1. The summed E-state index contributed by atoms with van der Waals surface area (Å²) in [6.07, 6.45) is 4.02. The standard InChI is InChI=1S/C25H26ClN3.C4H4O4/c26-25-12-10-22(11-13-25)19-27-29-16-14-28(15-17-29)20-24-9-5-4-8-23(24)18-21-6-2-1-3-7-21;5-3(6)1-2-4(7)8/h1-13,19H,14-18,20H2;1-2H,(H,5,6)(H,7,8)/b27-19+;2-1+. The second-order valence-electron chi connectivity index (χ2n) is 8.47. The Morgan fingerprint density at radius 3 is 1.95 bits per heavy atom. The second kappa shape index (κ2) is 14.6. The summed E-state index contributed by atoms with van der Waals surface area (Å²) in [5, 5.41) is 23.2. The number of carbonyl (C=O) groups is 2. The third-order valence-corrected chi connectivity index (χ3v) is 5.96. The van der Waals surface area contributed by atoms with E-state index in [2.05, 4.69) is 69.6 Å². The van der Waals surface area contributed by atoms with Crippen LogP contribution < -0.4 is 0 Å². The molecule has 1 aliphatic heterocycles. The predicted molar refractivity (Wildman–Crippen MR) is 146 cm³/mol. The van der Waals surface area contributed by atoms with Gasteiger partial charge in [0.15, 0.2) is 0 Å². The van der Waals surface area contributed by atoms with Crippen LogP contribution in [0, 0.1) is 0 Å². The van der Waals surface area contributed by atoms with Gasteiger partial charge in [0.2, 0.25) is 0 Å². The summed E-state index contributed by atoms with van der Waals surface area (Å²) in [5.41, 5.74) is 5.28. The monoisotopic (exact) mass is 519 g/mol. The SMILES string of the molecule is Clc1ccc(/C=N/N2CCN(Cc3ccccc3Cc3ccccc3)CC2)cc1.O=C(O)/C=C/C(=O)O. The van der Waals surface area contributed by atoms with Gasteiger partial charge in [0.1, 0.15) is 0 Å². The lowest BCUT2D eigenvalue weighted by Gasteiger charge is -2.33. The normalized spacial score (nSPS) is 13.9. The molecule has 0 unspecified atom stereocenters. The fraction of sp³-hybridized carbons (Fsp3) is 0.207. The summed E-state index contributed by atoms with van der Waals surface area (Å²) in [6.45, 7) is 4.95.